The number of allylic oxidation sites excluding steroid dienone is 8. The van der Waals surface area contributed by atoms with E-state index >= 15 is 0 Å². The Bertz CT molecular complexity index is 1850. The quantitative estimate of drug-likeness (QED) is 0.331. The maximum absolute atomic E-state index is 2.66. The van der Waals surface area contributed by atoms with Crippen LogP contribution in [0, 0.1) is 12.3 Å². The van der Waals surface area contributed by atoms with E-state index in [1.54, 1.807) is 17.6 Å². The molecule has 0 atom stereocenters. The van der Waals surface area contributed by atoms with Crippen LogP contribution in [0.15, 0.2) is 81.7 Å². The summed E-state index contributed by atoms with van der Waals surface area (Å²) in [7, 11) is 0. The fourth-order valence-corrected chi connectivity index (χ4v) is 17.2. The van der Waals surface area contributed by atoms with E-state index in [0.29, 0.717) is 3.63 Å². The van der Waals surface area contributed by atoms with E-state index < -0.39 is 21.3 Å². The number of benzene rings is 3. The number of hydrogen-bond acceptors (Lipinski definition) is 0. The molecule has 0 radical (unpaired) electrons. The standard InChI is InChI=1S/C25H25.C9H13.C9H10.2ClH.Zr/c1-14-12-24(3,4)22-8-16-7-17-9-23-19(15(2)13-25(23,5)6)11-21(17)20(16)10-18(14)22;1-9(2,3)8-6-4-5-7-8;1-3-9-6-4-8(2)5-7-9;;;/h7-13H,1-6H3;6-7H,4H2,1-3H3;4-7H,1-2H3;2*1H;/q;;;;;+2/p-2. The van der Waals surface area contributed by atoms with Crippen LogP contribution in [0.3, 0.4) is 0 Å². The topological polar surface area (TPSA) is 0 Å². The third-order valence-electron chi connectivity index (χ3n) is 10.9. The van der Waals surface area contributed by atoms with Crippen molar-refractivity contribution in [3.05, 3.63) is 126 Å². The van der Waals surface area contributed by atoms with Crippen molar-refractivity contribution in [2.45, 2.75) is 97.0 Å². The second kappa shape index (κ2) is 11.8. The van der Waals surface area contributed by atoms with E-state index in [4.69, 9.17) is 0 Å². The van der Waals surface area contributed by atoms with Crippen molar-refractivity contribution < 1.29 is 46.1 Å². The molecule has 0 spiro atoms. The van der Waals surface area contributed by atoms with Gasteiger partial charge in [-0.25, -0.2) is 0 Å². The first kappa shape index (κ1) is 35.3. The van der Waals surface area contributed by atoms with E-state index in [9.17, 15) is 0 Å². The minimum atomic E-state index is -2.58. The van der Waals surface area contributed by atoms with Gasteiger partial charge in [-0.15, -0.1) is 0 Å². The zero-order chi connectivity index (χ0) is 31.5. The number of rotatable bonds is 3. The second-order valence-corrected chi connectivity index (χ2v) is 23.1. The Balaban J connectivity index is 0.00000208. The molecule has 0 saturated heterocycles. The average molecular weight is 727 g/mol. The molecule has 0 bridgehead atoms. The molecule has 4 aliphatic rings. The molecule has 238 valence electrons. The maximum atomic E-state index is 2.66. The first-order valence-electron chi connectivity index (χ1n) is 16.5. The van der Waals surface area contributed by atoms with Gasteiger partial charge in [0.25, 0.3) is 0 Å². The van der Waals surface area contributed by atoms with Gasteiger partial charge in [-0.3, -0.25) is 0 Å². The number of hydrogen-bond donors (Lipinski definition) is 0. The summed E-state index contributed by atoms with van der Waals surface area (Å²) in [6.07, 6.45) is 11.3. The molecule has 0 aliphatic heterocycles. The predicted molar refractivity (Wildman–Crippen MR) is 188 cm³/mol. The molecular formula is C43H48Cl2Zr. The van der Waals surface area contributed by atoms with Crippen LogP contribution in [-0.4, -0.2) is 3.21 Å². The van der Waals surface area contributed by atoms with Gasteiger partial charge in [0.2, 0.25) is 0 Å². The van der Waals surface area contributed by atoms with Crippen LogP contribution < -0.4 is 24.8 Å². The predicted octanol–water partition coefficient (Wildman–Crippen LogP) is 5.58. The van der Waals surface area contributed by atoms with Crippen molar-refractivity contribution >= 4 is 14.4 Å². The smallest absolute Gasteiger partial charge is 1.00 e. The molecule has 46 heavy (non-hydrogen) atoms. The first-order chi connectivity index (χ1) is 20.6. The summed E-state index contributed by atoms with van der Waals surface area (Å²) < 4.78 is 3.89. The Morgan fingerprint density at radius 2 is 1.20 bits per heavy atom. The van der Waals surface area contributed by atoms with Gasteiger partial charge in [-0.1, -0.05) is 0 Å². The summed E-state index contributed by atoms with van der Waals surface area (Å²) in [6, 6.07) is 19.9. The van der Waals surface area contributed by atoms with Crippen molar-refractivity contribution in [3.63, 3.8) is 0 Å². The molecule has 0 saturated carbocycles. The molecule has 0 amide bonds. The zero-order valence-electron chi connectivity index (χ0n) is 29.5. The van der Waals surface area contributed by atoms with E-state index in [0.717, 1.165) is 6.42 Å². The summed E-state index contributed by atoms with van der Waals surface area (Å²) >= 11 is -2.58. The molecular weight excluding hydrogens is 679 g/mol. The molecule has 0 nitrogen and oxygen atoms in total. The second-order valence-electron chi connectivity index (χ2n) is 16.2. The monoisotopic (exact) mass is 724 g/mol. The van der Waals surface area contributed by atoms with Gasteiger partial charge in [0.15, 0.2) is 0 Å². The average Bonchev–Trinajstić information content (AvgIpc) is 3.66. The van der Waals surface area contributed by atoms with Crippen LogP contribution in [0.25, 0.3) is 22.3 Å². The molecule has 3 aromatic carbocycles. The summed E-state index contributed by atoms with van der Waals surface area (Å²) in [5, 5.41) is 0. The minimum absolute atomic E-state index is 0. The van der Waals surface area contributed by atoms with Crippen molar-refractivity contribution in [2.24, 2.45) is 5.41 Å². The molecule has 4 aliphatic carbocycles. The van der Waals surface area contributed by atoms with Gasteiger partial charge >= 0.3 is 275 Å². The molecule has 3 aromatic rings. The Morgan fingerprint density at radius 3 is 1.63 bits per heavy atom. The summed E-state index contributed by atoms with van der Waals surface area (Å²) in [5.74, 6) is 0. The number of halogens is 2. The van der Waals surface area contributed by atoms with Crippen LogP contribution >= 0.6 is 0 Å². The van der Waals surface area contributed by atoms with Crippen molar-refractivity contribution in [1.29, 1.82) is 0 Å². The molecule has 0 heterocycles. The Hall–Kier alpha value is -2.05. The van der Waals surface area contributed by atoms with Crippen molar-refractivity contribution in [1.82, 2.24) is 0 Å². The Labute approximate surface area is 298 Å². The van der Waals surface area contributed by atoms with E-state index in [1.165, 1.54) is 61.2 Å². The SMILES string of the molecule is CC1=CC(C)(C)c2cc3c(cc21)-c1cc2c(cc1[CH]3/[Zr+2]([C]1=CC(C(C)(C)C)=CC1)=[C](\C)c1ccc(C)cc1)C(C)(C)C=C2C.[Cl-].[Cl-]. The van der Waals surface area contributed by atoms with Crippen LogP contribution in [0.2, 0.25) is 0 Å². The van der Waals surface area contributed by atoms with E-state index in [2.05, 4.69) is 149 Å². The fraction of sp³-hybridized carbons (Fsp3) is 0.372. The molecule has 0 aromatic heterocycles. The van der Waals surface area contributed by atoms with Crippen LogP contribution in [0.4, 0.5) is 0 Å². The summed E-state index contributed by atoms with van der Waals surface area (Å²) in [5.41, 5.74) is 19.6. The van der Waals surface area contributed by atoms with Crippen LogP contribution in [0.1, 0.15) is 124 Å². The van der Waals surface area contributed by atoms with Crippen molar-refractivity contribution in [2.75, 3.05) is 0 Å². The van der Waals surface area contributed by atoms with Crippen LogP contribution in [0.5, 0.6) is 0 Å². The van der Waals surface area contributed by atoms with Gasteiger partial charge in [0, 0.05) is 0 Å². The summed E-state index contributed by atoms with van der Waals surface area (Å²) in [4.78, 5) is 0. The normalized spacial score (nSPS) is 18.6. The summed E-state index contributed by atoms with van der Waals surface area (Å²) in [6.45, 7) is 26.1. The molecule has 0 unspecified atom stereocenters. The number of aryl methyl sites for hydroxylation is 1. The number of fused-ring (bicyclic) bond motifs is 5. The third-order valence-corrected chi connectivity index (χ3v) is 19.1. The van der Waals surface area contributed by atoms with Gasteiger partial charge in [-0.2, -0.15) is 0 Å². The van der Waals surface area contributed by atoms with Gasteiger partial charge < -0.3 is 24.8 Å². The Kier molecular flexibility index (Phi) is 9.07. The van der Waals surface area contributed by atoms with Gasteiger partial charge in [0.1, 0.15) is 0 Å². The molecule has 3 heteroatoms. The Morgan fingerprint density at radius 1 is 0.717 bits per heavy atom. The van der Waals surface area contributed by atoms with Crippen LogP contribution in [-0.2, 0) is 32.1 Å². The minimum Gasteiger partial charge on any atom is -1.00 e. The van der Waals surface area contributed by atoms with E-state index in [-0.39, 0.29) is 41.1 Å². The van der Waals surface area contributed by atoms with E-state index in [1.807, 2.05) is 0 Å². The molecule has 0 fully saturated rings. The largest absolute Gasteiger partial charge is 1.00 e. The van der Waals surface area contributed by atoms with Gasteiger partial charge in [-0.05, 0) is 0 Å². The van der Waals surface area contributed by atoms with Crippen molar-refractivity contribution in [3.8, 4) is 11.1 Å². The maximum Gasteiger partial charge on any atom is -1.00 e. The molecule has 7 rings (SSSR count). The fourth-order valence-electron chi connectivity index (χ4n) is 8.61. The first-order valence-corrected chi connectivity index (χ1v) is 20.4. The van der Waals surface area contributed by atoms with Gasteiger partial charge in [0.05, 0.1) is 0 Å². The third kappa shape index (κ3) is 5.51. The molecule has 0 N–H and O–H groups in total. The zero-order valence-corrected chi connectivity index (χ0v) is 33.4.